The molecule has 1 aromatic heterocycles. The maximum Gasteiger partial charge on any atom is 0.264 e. The van der Waals surface area contributed by atoms with Crippen LogP contribution >= 0.6 is 11.3 Å². The van der Waals surface area contributed by atoms with Gasteiger partial charge in [-0.25, -0.2) is 0 Å². The van der Waals surface area contributed by atoms with Crippen LogP contribution in [0.25, 0.3) is 0 Å². The molecule has 3 heterocycles. The molecule has 1 fully saturated rings. The third-order valence-electron chi connectivity index (χ3n) is 6.36. The van der Waals surface area contributed by atoms with E-state index in [1.54, 1.807) is 36.4 Å². The molecule has 6 amide bonds. The Bertz CT molecular complexity index is 1500. The Labute approximate surface area is 226 Å². The van der Waals surface area contributed by atoms with Crippen molar-refractivity contribution in [1.29, 1.82) is 0 Å². The number of carbonyl (C=O) groups excluding carboxylic acids is 6. The summed E-state index contributed by atoms with van der Waals surface area (Å²) in [4.78, 5) is 77.4. The number of nitrogens with one attached hydrogen (secondary N) is 4. The van der Waals surface area contributed by atoms with Crippen LogP contribution in [0.3, 0.4) is 0 Å². The van der Waals surface area contributed by atoms with Crippen LogP contribution in [-0.4, -0.2) is 52.9 Å². The standard InChI is InChI=1S/C27H23N5O6S/c33-21-11-10-20(25(36)31-21)32-26(37)17-7-3-9-19(23(17)27(32)38)28-14-22(34)30-18-8-2-1-6-16(18)24(35)29-13-15-5-4-12-39-15/h1-9,12,20,28H,10-11,13-14H2,(H,29,35)(H,30,34)(H,31,33,36). The van der Waals surface area contributed by atoms with E-state index in [0.29, 0.717) is 17.8 Å². The molecule has 0 saturated carbocycles. The number of piperidine rings is 1. The Morgan fingerprint density at radius 3 is 2.51 bits per heavy atom. The number of nitrogens with zero attached hydrogens (tertiary/aromatic N) is 1. The zero-order chi connectivity index (χ0) is 27.5. The van der Waals surface area contributed by atoms with Crippen LogP contribution in [0.2, 0.25) is 0 Å². The van der Waals surface area contributed by atoms with Crippen molar-refractivity contribution < 1.29 is 28.8 Å². The fourth-order valence-electron chi connectivity index (χ4n) is 4.50. The molecule has 0 bridgehead atoms. The van der Waals surface area contributed by atoms with Crippen LogP contribution in [-0.2, 0) is 20.9 Å². The summed E-state index contributed by atoms with van der Waals surface area (Å²) in [5.41, 5.74) is 1.01. The predicted molar refractivity (Wildman–Crippen MR) is 142 cm³/mol. The molecule has 12 heteroatoms. The zero-order valence-corrected chi connectivity index (χ0v) is 21.3. The number of rotatable bonds is 8. The van der Waals surface area contributed by atoms with Crippen molar-refractivity contribution >= 4 is 58.2 Å². The highest BCUT2D eigenvalue weighted by atomic mass is 32.1. The summed E-state index contributed by atoms with van der Waals surface area (Å²) in [5.74, 6) is -3.30. The van der Waals surface area contributed by atoms with E-state index in [2.05, 4.69) is 21.3 Å². The molecule has 0 spiro atoms. The van der Waals surface area contributed by atoms with E-state index in [-0.39, 0.29) is 42.1 Å². The third-order valence-corrected chi connectivity index (χ3v) is 7.23. The molecule has 0 radical (unpaired) electrons. The van der Waals surface area contributed by atoms with Gasteiger partial charge in [-0.15, -0.1) is 11.3 Å². The lowest BCUT2D eigenvalue weighted by molar-refractivity contribution is -0.136. The highest BCUT2D eigenvalue weighted by Gasteiger charge is 2.45. The van der Waals surface area contributed by atoms with E-state index in [1.807, 2.05) is 17.5 Å². The second-order valence-electron chi connectivity index (χ2n) is 8.88. The van der Waals surface area contributed by atoms with Crippen molar-refractivity contribution in [3.63, 3.8) is 0 Å². The average Bonchev–Trinajstić information content (AvgIpc) is 3.53. The van der Waals surface area contributed by atoms with Crippen LogP contribution in [0.4, 0.5) is 11.4 Å². The number of benzene rings is 2. The first-order chi connectivity index (χ1) is 18.8. The van der Waals surface area contributed by atoms with E-state index in [1.165, 1.54) is 17.4 Å². The van der Waals surface area contributed by atoms with Crippen LogP contribution in [0.5, 0.6) is 0 Å². The molecule has 11 nitrogen and oxygen atoms in total. The van der Waals surface area contributed by atoms with E-state index >= 15 is 0 Å². The lowest BCUT2D eigenvalue weighted by Crippen LogP contribution is -2.54. The first-order valence-electron chi connectivity index (χ1n) is 12.1. The second-order valence-corrected chi connectivity index (χ2v) is 9.92. The first kappa shape index (κ1) is 25.8. The summed E-state index contributed by atoms with van der Waals surface area (Å²) in [7, 11) is 0. The number of amides is 6. The third kappa shape index (κ3) is 5.27. The summed E-state index contributed by atoms with van der Waals surface area (Å²) in [5, 5.41) is 12.5. The molecule has 3 aromatic rings. The Balaban J connectivity index is 1.25. The summed E-state index contributed by atoms with van der Waals surface area (Å²) in [6.07, 6.45) is 0.0598. The van der Waals surface area contributed by atoms with E-state index < -0.39 is 35.6 Å². The van der Waals surface area contributed by atoms with Gasteiger partial charge in [0.15, 0.2) is 0 Å². The monoisotopic (exact) mass is 545 g/mol. The number of anilines is 2. The number of fused-ring (bicyclic) bond motifs is 1. The summed E-state index contributed by atoms with van der Waals surface area (Å²) in [6.45, 7) is 0.101. The Morgan fingerprint density at radius 1 is 0.949 bits per heavy atom. The van der Waals surface area contributed by atoms with E-state index in [0.717, 1.165) is 9.78 Å². The van der Waals surface area contributed by atoms with Gasteiger partial charge in [0.1, 0.15) is 6.04 Å². The van der Waals surface area contributed by atoms with Crippen LogP contribution in [0.15, 0.2) is 60.0 Å². The number of hydrogen-bond acceptors (Lipinski definition) is 8. The largest absolute Gasteiger partial charge is 0.375 e. The number of para-hydroxylation sites is 1. The average molecular weight is 546 g/mol. The molecule has 39 heavy (non-hydrogen) atoms. The first-order valence-corrected chi connectivity index (χ1v) is 13.0. The molecule has 1 unspecified atom stereocenters. The van der Waals surface area contributed by atoms with E-state index in [9.17, 15) is 28.8 Å². The quantitative estimate of drug-likeness (QED) is 0.316. The molecular weight excluding hydrogens is 522 g/mol. The Morgan fingerprint density at radius 2 is 1.74 bits per heavy atom. The highest BCUT2D eigenvalue weighted by Crippen LogP contribution is 2.32. The number of hydrogen-bond donors (Lipinski definition) is 4. The van der Waals surface area contributed by atoms with Crippen molar-refractivity contribution in [3.8, 4) is 0 Å². The van der Waals surface area contributed by atoms with Gasteiger partial charge < -0.3 is 16.0 Å². The van der Waals surface area contributed by atoms with Crippen molar-refractivity contribution in [1.82, 2.24) is 15.5 Å². The molecule has 2 aliphatic rings. The van der Waals surface area contributed by atoms with Gasteiger partial charge in [-0.05, 0) is 42.1 Å². The number of imide groups is 2. The fourth-order valence-corrected chi connectivity index (χ4v) is 5.14. The van der Waals surface area contributed by atoms with Crippen molar-refractivity contribution in [2.75, 3.05) is 17.2 Å². The second kappa shape index (κ2) is 10.9. The molecule has 0 aliphatic carbocycles. The SMILES string of the molecule is O=C1CCC(N2C(=O)c3cccc(NCC(=O)Nc4ccccc4C(=O)NCc4cccs4)c3C2=O)C(=O)N1. The van der Waals surface area contributed by atoms with Crippen LogP contribution in [0.1, 0.15) is 48.8 Å². The van der Waals surface area contributed by atoms with Gasteiger partial charge in [0.2, 0.25) is 17.7 Å². The maximum atomic E-state index is 13.2. The van der Waals surface area contributed by atoms with Gasteiger partial charge in [0, 0.05) is 17.0 Å². The van der Waals surface area contributed by atoms with Gasteiger partial charge >= 0.3 is 0 Å². The minimum Gasteiger partial charge on any atom is -0.375 e. The minimum absolute atomic E-state index is 0.0165. The van der Waals surface area contributed by atoms with Crippen molar-refractivity contribution in [2.24, 2.45) is 0 Å². The van der Waals surface area contributed by atoms with Crippen LogP contribution < -0.4 is 21.3 Å². The fraction of sp³-hybridized carbons (Fsp3) is 0.185. The maximum absolute atomic E-state index is 13.2. The van der Waals surface area contributed by atoms with Gasteiger partial charge in [0.25, 0.3) is 17.7 Å². The summed E-state index contributed by atoms with van der Waals surface area (Å²) >= 11 is 1.52. The molecule has 2 aliphatic heterocycles. The van der Waals surface area contributed by atoms with Gasteiger partial charge in [0.05, 0.1) is 35.5 Å². The van der Waals surface area contributed by atoms with E-state index in [4.69, 9.17) is 0 Å². The van der Waals surface area contributed by atoms with Gasteiger partial charge in [-0.1, -0.05) is 24.3 Å². The highest BCUT2D eigenvalue weighted by molar-refractivity contribution is 7.09. The molecule has 198 valence electrons. The summed E-state index contributed by atoms with van der Waals surface area (Å²) < 4.78 is 0. The molecule has 5 rings (SSSR count). The molecule has 2 aromatic carbocycles. The van der Waals surface area contributed by atoms with Gasteiger partial charge in [-0.3, -0.25) is 39.0 Å². The van der Waals surface area contributed by atoms with Crippen molar-refractivity contribution in [2.45, 2.75) is 25.4 Å². The smallest absolute Gasteiger partial charge is 0.264 e. The number of carbonyl (C=O) groups is 6. The molecule has 1 atom stereocenters. The lowest BCUT2D eigenvalue weighted by Gasteiger charge is -2.27. The summed E-state index contributed by atoms with van der Waals surface area (Å²) in [6, 6.07) is 13.9. The Hall–Kier alpha value is -4.84. The lowest BCUT2D eigenvalue weighted by atomic mass is 10.0. The zero-order valence-electron chi connectivity index (χ0n) is 20.5. The topological polar surface area (TPSA) is 154 Å². The van der Waals surface area contributed by atoms with Crippen LogP contribution in [0, 0.1) is 0 Å². The molecule has 4 N–H and O–H groups in total. The normalized spacial score (nSPS) is 16.5. The van der Waals surface area contributed by atoms with Crippen molar-refractivity contribution in [3.05, 3.63) is 81.5 Å². The molecule has 1 saturated heterocycles. The predicted octanol–water partition coefficient (Wildman–Crippen LogP) is 2.13. The van der Waals surface area contributed by atoms with Gasteiger partial charge in [-0.2, -0.15) is 0 Å². The molecular formula is C27H23N5O6S. The number of thiophene rings is 1. The Kier molecular flexibility index (Phi) is 7.19. The minimum atomic E-state index is -1.09.